The highest BCUT2D eigenvalue weighted by atomic mass is 35.5. The maximum Gasteiger partial charge on any atom is 0.228 e. The average molecular weight is 517 g/mol. The molecular weight excluding hydrogens is 488 g/mol. The lowest BCUT2D eigenvalue weighted by Crippen LogP contribution is -2.46. The van der Waals surface area contributed by atoms with Gasteiger partial charge in [0.25, 0.3) is 0 Å². The van der Waals surface area contributed by atoms with Crippen LogP contribution in [-0.4, -0.2) is 34.0 Å². The van der Waals surface area contributed by atoms with Gasteiger partial charge in [-0.15, -0.1) is 11.3 Å². The fourth-order valence-corrected chi connectivity index (χ4v) is 6.19. The van der Waals surface area contributed by atoms with Gasteiger partial charge in [-0.1, -0.05) is 84.4 Å². The molecule has 0 atom stereocenters. The highest BCUT2D eigenvalue weighted by Gasteiger charge is 2.42. The third kappa shape index (κ3) is 4.96. The molecule has 4 nitrogen and oxygen atoms in total. The lowest BCUT2D eigenvalue weighted by Gasteiger charge is -2.42. The number of piperidine rings is 1. The van der Waals surface area contributed by atoms with Crippen molar-refractivity contribution >= 4 is 28.8 Å². The maximum atomic E-state index is 13.2. The van der Waals surface area contributed by atoms with E-state index in [-0.39, 0.29) is 11.8 Å². The Kier molecular flexibility index (Phi) is 7.24. The molecule has 0 unspecified atom stereocenters. The number of rotatable bonds is 6. The van der Waals surface area contributed by atoms with Crippen LogP contribution in [0.2, 0.25) is 5.02 Å². The van der Waals surface area contributed by atoms with E-state index in [2.05, 4.69) is 0 Å². The second-order valence-electron chi connectivity index (χ2n) is 9.36. The minimum Gasteiger partial charge on any atom is -0.380 e. The summed E-state index contributed by atoms with van der Waals surface area (Å²) in [4.78, 5) is 21.0. The molecule has 1 aliphatic rings. The van der Waals surface area contributed by atoms with Gasteiger partial charge in [0.2, 0.25) is 5.91 Å². The average Bonchev–Trinajstić information content (AvgIpc) is 3.29. The molecule has 1 aromatic heterocycles. The lowest BCUT2D eigenvalue weighted by atomic mass is 9.72. The van der Waals surface area contributed by atoms with Gasteiger partial charge in [-0.05, 0) is 48.9 Å². The van der Waals surface area contributed by atoms with Crippen LogP contribution in [0.3, 0.4) is 0 Å². The smallest absolute Gasteiger partial charge is 0.228 e. The Morgan fingerprint density at radius 3 is 2.08 bits per heavy atom. The van der Waals surface area contributed by atoms with Crippen molar-refractivity contribution in [2.24, 2.45) is 5.92 Å². The SMILES string of the molecule is Cc1sc(-c2ccc(Cl)cc2)nc1CC(=O)N1CCC(C(O)(c2ccccc2)c2ccccc2)CC1. The predicted molar refractivity (Wildman–Crippen MR) is 146 cm³/mol. The molecule has 2 heterocycles. The molecule has 36 heavy (non-hydrogen) atoms. The van der Waals surface area contributed by atoms with Crippen molar-refractivity contribution in [2.45, 2.75) is 31.8 Å². The van der Waals surface area contributed by atoms with E-state index < -0.39 is 5.60 Å². The van der Waals surface area contributed by atoms with E-state index in [0.717, 1.165) is 45.1 Å². The fourth-order valence-electron chi connectivity index (χ4n) is 5.13. The second-order valence-corrected chi connectivity index (χ2v) is 11.0. The zero-order chi connectivity index (χ0) is 25.1. The van der Waals surface area contributed by atoms with Crippen molar-refractivity contribution in [3.8, 4) is 10.6 Å². The zero-order valence-electron chi connectivity index (χ0n) is 20.2. The van der Waals surface area contributed by atoms with Crippen LogP contribution in [-0.2, 0) is 16.8 Å². The number of benzene rings is 3. The number of amides is 1. The fraction of sp³-hybridized carbons (Fsp3) is 0.267. The van der Waals surface area contributed by atoms with Gasteiger partial charge >= 0.3 is 0 Å². The number of hydrogen-bond donors (Lipinski definition) is 1. The quantitative estimate of drug-likeness (QED) is 0.318. The number of hydrogen-bond acceptors (Lipinski definition) is 4. The molecule has 1 amide bonds. The molecule has 1 aliphatic heterocycles. The lowest BCUT2D eigenvalue weighted by molar-refractivity contribution is -0.133. The van der Waals surface area contributed by atoms with Crippen molar-refractivity contribution in [3.63, 3.8) is 0 Å². The van der Waals surface area contributed by atoms with E-state index in [1.807, 2.05) is 96.8 Å². The number of thiazole rings is 1. The van der Waals surface area contributed by atoms with E-state index in [9.17, 15) is 9.90 Å². The Balaban J connectivity index is 1.28. The molecule has 1 saturated heterocycles. The molecule has 0 spiro atoms. The van der Waals surface area contributed by atoms with Crippen LogP contribution in [0, 0.1) is 12.8 Å². The highest BCUT2D eigenvalue weighted by molar-refractivity contribution is 7.15. The van der Waals surface area contributed by atoms with E-state index in [4.69, 9.17) is 16.6 Å². The molecule has 1 N–H and O–H groups in total. The van der Waals surface area contributed by atoms with E-state index in [1.165, 1.54) is 0 Å². The highest BCUT2D eigenvalue weighted by Crippen LogP contribution is 2.42. The monoisotopic (exact) mass is 516 g/mol. The van der Waals surface area contributed by atoms with Crippen molar-refractivity contribution in [2.75, 3.05) is 13.1 Å². The summed E-state index contributed by atoms with van der Waals surface area (Å²) in [7, 11) is 0. The second kappa shape index (κ2) is 10.6. The number of nitrogens with zero attached hydrogens (tertiary/aromatic N) is 2. The Hall–Kier alpha value is -2.99. The maximum absolute atomic E-state index is 13.2. The minimum absolute atomic E-state index is 0.0175. The molecule has 6 heteroatoms. The molecule has 0 radical (unpaired) electrons. The number of aromatic nitrogens is 1. The van der Waals surface area contributed by atoms with E-state index in [0.29, 0.717) is 24.5 Å². The molecular formula is C30H29ClN2O2S. The first kappa shape index (κ1) is 24.7. The van der Waals surface area contributed by atoms with Gasteiger partial charge < -0.3 is 10.0 Å². The van der Waals surface area contributed by atoms with Gasteiger partial charge in [-0.2, -0.15) is 0 Å². The van der Waals surface area contributed by atoms with Crippen LogP contribution in [0.4, 0.5) is 0 Å². The Labute approximate surface area is 221 Å². The van der Waals surface area contributed by atoms with Crippen molar-refractivity contribution in [1.29, 1.82) is 0 Å². The van der Waals surface area contributed by atoms with Gasteiger partial charge in [-0.3, -0.25) is 4.79 Å². The molecule has 0 aliphatic carbocycles. The summed E-state index contributed by atoms with van der Waals surface area (Å²) in [6.45, 7) is 3.27. The molecule has 1 fully saturated rings. The third-order valence-electron chi connectivity index (χ3n) is 7.17. The van der Waals surface area contributed by atoms with Crippen LogP contribution in [0.15, 0.2) is 84.9 Å². The molecule has 0 bridgehead atoms. The van der Waals surface area contributed by atoms with Gasteiger partial charge in [0.15, 0.2) is 0 Å². The number of aryl methyl sites for hydroxylation is 1. The Morgan fingerprint density at radius 2 is 1.53 bits per heavy atom. The normalized spacial score (nSPS) is 14.7. The van der Waals surface area contributed by atoms with E-state index >= 15 is 0 Å². The van der Waals surface area contributed by atoms with E-state index in [1.54, 1.807) is 11.3 Å². The Morgan fingerprint density at radius 1 is 0.972 bits per heavy atom. The van der Waals surface area contributed by atoms with Crippen molar-refractivity contribution in [3.05, 3.63) is 112 Å². The third-order valence-corrected chi connectivity index (χ3v) is 8.48. The Bertz CT molecular complexity index is 1270. The minimum atomic E-state index is -1.09. The summed E-state index contributed by atoms with van der Waals surface area (Å²) in [6, 6.07) is 27.4. The van der Waals surface area contributed by atoms with Gasteiger partial charge in [-0.25, -0.2) is 4.98 Å². The summed E-state index contributed by atoms with van der Waals surface area (Å²) in [5.41, 5.74) is 2.55. The van der Waals surface area contributed by atoms with Crippen LogP contribution in [0.25, 0.3) is 10.6 Å². The first-order chi connectivity index (χ1) is 17.4. The molecule has 3 aromatic carbocycles. The summed E-state index contributed by atoms with van der Waals surface area (Å²) in [5, 5.41) is 13.7. The number of carbonyl (C=O) groups excluding carboxylic acids is 1. The first-order valence-corrected chi connectivity index (χ1v) is 13.5. The molecule has 184 valence electrons. The summed E-state index contributed by atoms with van der Waals surface area (Å²) in [6.07, 6.45) is 1.76. The van der Waals surface area contributed by atoms with Gasteiger partial charge in [0.05, 0.1) is 12.1 Å². The molecule has 5 rings (SSSR count). The largest absolute Gasteiger partial charge is 0.380 e. The molecule has 0 saturated carbocycles. The number of aliphatic hydroxyl groups is 1. The summed E-state index contributed by atoms with van der Waals surface area (Å²) < 4.78 is 0. The topological polar surface area (TPSA) is 53.4 Å². The standard InChI is InChI=1S/C30H29ClN2O2S/c1-21-27(32-29(36-21)22-12-14-26(31)15-13-22)20-28(34)33-18-16-25(17-19-33)30(35,23-8-4-2-5-9-23)24-10-6-3-7-11-24/h2-15,25,35H,16-20H2,1H3. The first-order valence-electron chi connectivity index (χ1n) is 12.3. The van der Waals surface area contributed by atoms with Crippen LogP contribution in [0.5, 0.6) is 0 Å². The van der Waals surface area contributed by atoms with Crippen LogP contribution in [0.1, 0.15) is 34.5 Å². The van der Waals surface area contributed by atoms with Crippen LogP contribution < -0.4 is 0 Å². The number of likely N-dealkylation sites (tertiary alicyclic amines) is 1. The number of carbonyl (C=O) groups is 1. The van der Waals surface area contributed by atoms with Crippen molar-refractivity contribution in [1.82, 2.24) is 9.88 Å². The summed E-state index contributed by atoms with van der Waals surface area (Å²) in [5.74, 6) is 0.108. The molecule has 4 aromatic rings. The zero-order valence-corrected chi connectivity index (χ0v) is 21.8. The predicted octanol–water partition coefficient (Wildman–Crippen LogP) is 6.49. The summed E-state index contributed by atoms with van der Waals surface area (Å²) >= 11 is 7.62. The van der Waals surface area contributed by atoms with Crippen molar-refractivity contribution < 1.29 is 9.90 Å². The number of halogens is 1. The van der Waals surface area contributed by atoms with Gasteiger partial charge in [0, 0.05) is 28.6 Å². The van der Waals surface area contributed by atoms with Crippen LogP contribution >= 0.6 is 22.9 Å². The van der Waals surface area contributed by atoms with Gasteiger partial charge in [0.1, 0.15) is 10.6 Å².